The number of thioether (sulfide) groups is 1. The van der Waals surface area contributed by atoms with Crippen molar-refractivity contribution >= 4 is 29.1 Å². The predicted molar refractivity (Wildman–Crippen MR) is 131 cm³/mol. The molecule has 166 valence electrons. The first-order valence-electron chi connectivity index (χ1n) is 10.5. The third-order valence-corrected chi connectivity index (χ3v) is 6.53. The molecule has 0 saturated carbocycles. The van der Waals surface area contributed by atoms with Crippen LogP contribution in [0, 0.1) is 6.92 Å². The highest BCUT2D eigenvalue weighted by Crippen LogP contribution is 2.36. The van der Waals surface area contributed by atoms with Crippen LogP contribution in [0.25, 0.3) is 11.4 Å². The van der Waals surface area contributed by atoms with E-state index in [1.54, 1.807) is 24.3 Å². The molecule has 1 amide bonds. The first-order chi connectivity index (χ1) is 15.9. The van der Waals surface area contributed by atoms with E-state index in [1.165, 1.54) is 24.2 Å². The summed E-state index contributed by atoms with van der Waals surface area (Å²) in [5.74, 6) is 0.480. The molecule has 0 spiro atoms. The largest absolute Gasteiger partial charge is 0.325 e. The second kappa shape index (κ2) is 9.83. The fourth-order valence-electron chi connectivity index (χ4n) is 3.40. The van der Waals surface area contributed by atoms with E-state index in [1.807, 2.05) is 73.1 Å². The van der Waals surface area contributed by atoms with Crippen LogP contribution in [-0.4, -0.2) is 26.5 Å². The van der Waals surface area contributed by atoms with Gasteiger partial charge in [-0.2, -0.15) is 0 Å². The number of Topliss-reactive ketones (excluding diaryl/α,β-unsaturated/α-hetero) is 1. The summed E-state index contributed by atoms with van der Waals surface area (Å²) in [5, 5.41) is 11.7. The van der Waals surface area contributed by atoms with Gasteiger partial charge in [-0.25, -0.2) is 0 Å². The number of hydrogen-bond donors (Lipinski definition) is 1. The van der Waals surface area contributed by atoms with Gasteiger partial charge in [0, 0.05) is 23.9 Å². The van der Waals surface area contributed by atoms with Gasteiger partial charge in [-0.05, 0) is 31.5 Å². The van der Waals surface area contributed by atoms with Gasteiger partial charge in [0.2, 0.25) is 5.91 Å². The smallest absolute Gasteiger partial charge is 0.242 e. The molecule has 0 saturated heterocycles. The lowest BCUT2D eigenvalue weighted by atomic mass is 10.1. The van der Waals surface area contributed by atoms with E-state index in [9.17, 15) is 9.59 Å². The van der Waals surface area contributed by atoms with Gasteiger partial charge in [-0.3, -0.25) is 9.59 Å². The highest BCUT2D eigenvalue weighted by atomic mass is 32.2. The van der Waals surface area contributed by atoms with E-state index in [4.69, 9.17) is 0 Å². The van der Waals surface area contributed by atoms with Gasteiger partial charge < -0.3 is 9.88 Å². The van der Waals surface area contributed by atoms with Crippen LogP contribution in [0.2, 0.25) is 0 Å². The number of nitrogens with zero attached hydrogens (tertiary/aromatic N) is 3. The minimum Gasteiger partial charge on any atom is -0.325 e. The molecule has 6 nitrogen and oxygen atoms in total. The number of carbonyl (C=O) groups excluding carboxylic acids is 2. The predicted octanol–water partition coefficient (Wildman–Crippen LogP) is 5.47. The number of aryl methyl sites for hydroxylation is 1. The molecule has 1 atom stereocenters. The fraction of sp³-hybridized carbons (Fsp3) is 0.154. The number of aromatic nitrogens is 3. The van der Waals surface area contributed by atoms with Crippen LogP contribution >= 0.6 is 11.8 Å². The maximum atomic E-state index is 13.3. The van der Waals surface area contributed by atoms with Crippen LogP contribution in [0.5, 0.6) is 0 Å². The van der Waals surface area contributed by atoms with E-state index in [0.717, 1.165) is 17.0 Å². The van der Waals surface area contributed by atoms with Crippen LogP contribution in [0.3, 0.4) is 0 Å². The molecule has 0 bridgehead atoms. The zero-order valence-corrected chi connectivity index (χ0v) is 19.5. The molecular formula is C26H24N4O2S. The molecule has 0 fully saturated rings. The summed E-state index contributed by atoms with van der Waals surface area (Å²) in [7, 11) is 1.90. The van der Waals surface area contributed by atoms with Crippen LogP contribution in [0.15, 0.2) is 84.0 Å². The Kier molecular flexibility index (Phi) is 6.70. The number of rotatable bonds is 7. The van der Waals surface area contributed by atoms with Crippen LogP contribution in [0.1, 0.15) is 33.7 Å². The average molecular weight is 457 g/mol. The molecule has 1 N–H and O–H groups in total. The van der Waals surface area contributed by atoms with Gasteiger partial charge in [-0.15, -0.1) is 10.2 Å². The summed E-state index contributed by atoms with van der Waals surface area (Å²) in [6, 6.07) is 24.6. The Morgan fingerprint density at radius 2 is 1.67 bits per heavy atom. The molecule has 7 heteroatoms. The molecule has 1 aromatic heterocycles. The summed E-state index contributed by atoms with van der Waals surface area (Å²) in [6.07, 6.45) is 0. The molecule has 0 radical (unpaired) electrons. The molecule has 33 heavy (non-hydrogen) atoms. The second-order valence-corrected chi connectivity index (χ2v) is 8.84. The summed E-state index contributed by atoms with van der Waals surface area (Å²) in [5.41, 5.74) is 4.11. The molecule has 4 aromatic rings. The average Bonchev–Trinajstić information content (AvgIpc) is 3.18. The van der Waals surface area contributed by atoms with Gasteiger partial charge in [0.15, 0.2) is 16.8 Å². The van der Waals surface area contributed by atoms with Gasteiger partial charge in [0.05, 0.1) is 0 Å². The third-order valence-electron chi connectivity index (χ3n) is 5.25. The molecule has 0 aliphatic heterocycles. The standard InChI is InChI=1S/C26H24N4O2S/c1-17-12-14-20(15-13-17)24-28-29-26(30(24)3)33-23(19-8-5-4-6-9-19)25(32)27-22-11-7-10-21(16-22)18(2)31/h4-16,23H,1-3H3,(H,27,32). The van der Waals surface area contributed by atoms with E-state index in [-0.39, 0.29) is 11.7 Å². The normalized spacial score (nSPS) is 11.7. The van der Waals surface area contributed by atoms with Crippen LogP contribution in [-0.2, 0) is 11.8 Å². The Hall–Kier alpha value is -3.71. The van der Waals surface area contributed by atoms with Crippen molar-refractivity contribution in [3.8, 4) is 11.4 Å². The number of ketones is 1. The Balaban J connectivity index is 1.62. The summed E-state index contributed by atoms with van der Waals surface area (Å²) < 4.78 is 1.90. The quantitative estimate of drug-likeness (QED) is 0.295. The lowest BCUT2D eigenvalue weighted by Crippen LogP contribution is -2.19. The zero-order chi connectivity index (χ0) is 23.4. The molecule has 4 rings (SSSR count). The van der Waals surface area contributed by atoms with Gasteiger partial charge in [0.1, 0.15) is 5.25 Å². The summed E-state index contributed by atoms with van der Waals surface area (Å²) in [4.78, 5) is 25.1. The van der Waals surface area contributed by atoms with Crippen molar-refractivity contribution in [2.24, 2.45) is 7.05 Å². The molecule has 0 aliphatic rings. The maximum Gasteiger partial charge on any atom is 0.242 e. The Morgan fingerprint density at radius 1 is 0.939 bits per heavy atom. The third kappa shape index (κ3) is 5.21. The first kappa shape index (κ1) is 22.5. The number of anilines is 1. The number of amides is 1. The fourth-order valence-corrected chi connectivity index (χ4v) is 4.40. The minimum atomic E-state index is -0.555. The van der Waals surface area contributed by atoms with Gasteiger partial charge in [0.25, 0.3) is 0 Å². The van der Waals surface area contributed by atoms with Crippen molar-refractivity contribution in [2.45, 2.75) is 24.3 Å². The summed E-state index contributed by atoms with van der Waals surface area (Å²) >= 11 is 1.34. The van der Waals surface area contributed by atoms with Crippen molar-refractivity contribution in [3.05, 3.63) is 95.6 Å². The zero-order valence-electron chi connectivity index (χ0n) is 18.6. The molecule has 3 aromatic carbocycles. The molecule has 0 aliphatic carbocycles. The van der Waals surface area contributed by atoms with Crippen LogP contribution in [0.4, 0.5) is 5.69 Å². The second-order valence-electron chi connectivity index (χ2n) is 7.77. The molecular weight excluding hydrogens is 432 g/mol. The van der Waals surface area contributed by atoms with Crippen molar-refractivity contribution in [2.75, 3.05) is 5.32 Å². The van der Waals surface area contributed by atoms with E-state index >= 15 is 0 Å². The Bertz CT molecular complexity index is 1280. The maximum absolute atomic E-state index is 13.3. The first-order valence-corrected chi connectivity index (χ1v) is 11.4. The molecule has 1 unspecified atom stereocenters. The van der Waals surface area contributed by atoms with Crippen LogP contribution < -0.4 is 5.32 Å². The Morgan fingerprint density at radius 3 is 2.36 bits per heavy atom. The number of carbonyl (C=O) groups is 2. The monoisotopic (exact) mass is 456 g/mol. The number of benzene rings is 3. The number of nitrogens with one attached hydrogen (secondary N) is 1. The van der Waals surface area contributed by atoms with Gasteiger partial charge in [-0.1, -0.05) is 84.1 Å². The lowest BCUT2D eigenvalue weighted by Gasteiger charge is -2.17. The van der Waals surface area contributed by atoms with Crippen molar-refractivity contribution in [1.82, 2.24) is 14.8 Å². The number of hydrogen-bond acceptors (Lipinski definition) is 5. The molecule has 1 heterocycles. The SMILES string of the molecule is CC(=O)c1cccc(NC(=O)C(Sc2nnc(-c3ccc(C)cc3)n2C)c2ccccc2)c1. The topological polar surface area (TPSA) is 76.9 Å². The van der Waals surface area contributed by atoms with Gasteiger partial charge >= 0.3 is 0 Å². The highest BCUT2D eigenvalue weighted by molar-refractivity contribution is 8.00. The highest BCUT2D eigenvalue weighted by Gasteiger charge is 2.25. The van der Waals surface area contributed by atoms with Crippen molar-refractivity contribution in [1.29, 1.82) is 0 Å². The van der Waals surface area contributed by atoms with Crippen molar-refractivity contribution in [3.63, 3.8) is 0 Å². The lowest BCUT2D eigenvalue weighted by molar-refractivity contribution is -0.115. The van der Waals surface area contributed by atoms with E-state index in [0.29, 0.717) is 16.4 Å². The van der Waals surface area contributed by atoms with Crippen molar-refractivity contribution < 1.29 is 9.59 Å². The Labute approximate surface area is 197 Å². The van der Waals surface area contributed by atoms with E-state index in [2.05, 4.69) is 15.5 Å². The van der Waals surface area contributed by atoms with E-state index < -0.39 is 5.25 Å². The summed E-state index contributed by atoms with van der Waals surface area (Å²) in [6.45, 7) is 3.54. The minimum absolute atomic E-state index is 0.0530.